The van der Waals surface area contributed by atoms with Gasteiger partial charge in [0, 0.05) is 29.6 Å². The number of piperidine rings is 1. The van der Waals surface area contributed by atoms with Crippen molar-refractivity contribution in [1.82, 2.24) is 9.47 Å². The van der Waals surface area contributed by atoms with E-state index in [2.05, 4.69) is 42.3 Å². The maximum absolute atomic E-state index is 12.7. The van der Waals surface area contributed by atoms with E-state index >= 15 is 0 Å². The maximum atomic E-state index is 12.7. The van der Waals surface area contributed by atoms with Crippen molar-refractivity contribution in [2.75, 3.05) is 14.2 Å². The molecule has 3 aromatic rings. The average molecular weight is 475 g/mol. The highest BCUT2D eigenvalue weighted by Crippen LogP contribution is 2.46. The Balaban J connectivity index is 1.40. The van der Waals surface area contributed by atoms with Crippen LogP contribution < -0.4 is 0 Å². The lowest BCUT2D eigenvalue weighted by Gasteiger charge is -2.41. The Morgan fingerprint density at radius 3 is 2.37 bits per heavy atom. The molecule has 0 radical (unpaired) electrons. The first-order valence-electron chi connectivity index (χ1n) is 12.4. The van der Waals surface area contributed by atoms with Crippen molar-refractivity contribution in [2.45, 2.75) is 63.6 Å². The lowest BCUT2D eigenvalue weighted by atomic mass is 9.76. The number of hydrogen-bond acceptors (Lipinski definition) is 5. The van der Waals surface area contributed by atoms with Gasteiger partial charge >= 0.3 is 12.1 Å². The van der Waals surface area contributed by atoms with Crippen LogP contribution in [0.5, 0.6) is 0 Å². The standard InChI is InChI=1S/C29H34N2O4/c1-29(2,3)35-28(33)31-15-14-21-16-20(10-12-24(21)31)18-6-8-19(9-7-18)23-17-22-11-13-25(30(22)4)26(23)27(32)34-5/h6-10,12,14-16,22-23,25-26H,11,13,17H2,1-5H3/t22?,23-,25?,26+/m1/s1. The summed E-state index contributed by atoms with van der Waals surface area (Å²) in [5.41, 5.74) is 3.66. The first-order chi connectivity index (χ1) is 16.7. The number of carbonyl (C=O) groups excluding carboxylic acids is 2. The van der Waals surface area contributed by atoms with Gasteiger partial charge in [-0.15, -0.1) is 0 Å². The molecule has 5 rings (SSSR count). The maximum Gasteiger partial charge on any atom is 0.418 e. The molecule has 0 saturated carbocycles. The minimum atomic E-state index is -0.546. The highest BCUT2D eigenvalue weighted by Gasteiger charge is 2.49. The zero-order valence-electron chi connectivity index (χ0n) is 21.2. The van der Waals surface area contributed by atoms with Gasteiger partial charge in [-0.2, -0.15) is 0 Å². The van der Waals surface area contributed by atoms with Crippen LogP contribution in [-0.4, -0.2) is 53.4 Å². The normalized spacial score (nSPS) is 24.5. The molecule has 0 amide bonds. The van der Waals surface area contributed by atoms with Crippen LogP contribution in [0.3, 0.4) is 0 Å². The van der Waals surface area contributed by atoms with Crippen molar-refractivity contribution >= 4 is 23.0 Å². The van der Waals surface area contributed by atoms with Gasteiger partial charge in [0.25, 0.3) is 0 Å². The summed E-state index contributed by atoms with van der Waals surface area (Å²) < 4.78 is 12.3. The topological polar surface area (TPSA) is 60.8 Å². The molecule has 2 bridgehead atoms. The third-order valence-electron chi connectivity index (χ3n) is 7.69. The third-order valence-corrected chi connectivity index (χ3v) is 7.69. The average Bonchev–Trinajstić information content (AvgIpc) is 3.34. The van der Waals surface area contributed by atoms with E-state index in [9.17, 15) is 9.59 Å². The third kappa shape index (κ3) is 4.36. The Kier molecular flexibility index (Phi) is 5.96. The fourth-order valence-corrected chi connectivity index (χ4v) is 5.98. The molecule has 6 heteroatoms. The Hall–Kier alpha value is -3.12. The number of carbonyl (C=O) groups is 2. The number of esters is 1. The first kappa shape index (κ1) is 23.6. The van der Waals surface area contributed by atoms with E-state index in [-0.39, 0.29) is 29.9 Å². The molecule has 2 aliphatic heterocycles. The summed E-state index contributed by atoms with van der Waals surface area (Å²) in [5, 5.41) is 0.982. The molecule has 0 aliphatic carbocycles. The van der Waals surface area contributed by atoms with Gasteiger partial charge in [-0.05, 0) is 82.0 Å². The minimum absolute atomic E-state index is 0.101. The second-order valence-corrected chi connectivity index (χ2v) is 10.9. The van der Waals surface area contributed by atoms with Crippen LogP contribution in [0.1, 0.15) is 51.5 Å². The van der Waals surface area contributed by atoms with Gasteiger partial charge < -0.3 is 9.47 Å². The second kappa shape index (κ2) is 8.83. The number of hydrogen-bond donors (Lipinski definition) is 0. The Morgan fingerprint density at radius 1 is 0.971 bits per heavy atom. The fraction of sp³-hybridized carbons (Fsp3) is 0.448. The number of benzene rings is 2. The van der Waals surface area contributed by atoms with Gasteiger partial charge in [-0.3, -0.25) is 14.3 Å². The van der Waals surface area contributed by atoms with Crippen LogP contribution in [0.2, 0.25) is 0 Å². The molecule has 4 atom stereocenters. The van der Waals surface area contributed by atoms with E-state index in [1.165, 1.54) is 12.7 Å². The molecule has 2 aliphatic rings. The van der Waals surface area contributed by atoms with E-state index in [0.717, 1.165) is 41.3 Å². The smallest absolute Gasteiger partial charge is 0.418 e. The molecule has 184 valence electrons. The molecule has 2 fully saturated rings. The van der Waals surface area contributed by atoms with E-state index in [4.69, 9.17) is 9.47 Å². The van der Waals surface area contributed by atoms with Crippen LogP contribution in [0.15, 0.2) is 54.7 Å². The van der Waals surface area contributed by atoms with Gasteiger partial charge in [-0.25, -0.2) is 4.79 Å². The number of nitrogens with zero attached hydrogens (tertiary/aromatic N) is 2. The van der Waals surface area contributed by atoms with Gasteiger partial charge in [0.05, 0.1) is 18.5 Å². The van der Waals surface area contributed by atoms with Crippen LogP contribution in [0.25, 0.3) is 22.0 Å². The number of aromatic nitrogens is 1. The van der Waals surface area contributed by atoms with Crippen LogP contribution >= 0.6 is 0 Å². The largest absolute Gasteiger partial charge is 0.469 e. The SMILES string of the molecule is COC(=O)[C@@H]1C2CCC(C[C@@H]1c1ccc(-c3ccc4c(ccn4C(=O)OC(C)(C)C)c3)cc1)N2C. The Labute approximate surface area is 206 Å². The molecule has 2 unspecified atom stereocenters. The predicted molar refractivity (Wildman–Crippen MR) is 136 cm³/mol. The zero-order chi connectivity index (χ0) is 24.9. The van der Waals surface area contributed by atoms with E-state index in [1.54, 1.807) is 10.8 Å². The lowest BCUT2D eigenvalue weighted by molar-refractivity contribution is -0.150. The molecule has 2 saturated heterocycles. The molecule has 6 nitrogen and oxygen atoms in total. The molecular weight excluding hydrogens is 440 g/mol. The number of rotatable bonds is 3. The first-order valence-corrected chi connectivity index (χ1v) is 12.4. The second-order valence-electron chi connectivity index (χ2n) is 10.9. The molecule has 0 N–H and O–H groups in total. The summed E-state index contributed by atoms with van der Waals surface area (Å²) >= 11 is 0. The molecule has 35 heavy (non-hydrogen) atoms. The number of methoxy groups -OCH3 is 1. The monoisotopic (exact) mass is 474 g/mol. The number of ether oxygens (including phenoxy) is 2. The summed E-state index contributed by atoms with van der Waals surface area (Å²) in [6, 6.07) is 17.4. The van der Waals surface area contributed by atoms with Crippen molar-refractivity contribution < 1.29 is 19.1 Å². The number of fused-ring (bicyclic) bond motifs is 3. The summed E-state index contributed by atoms with van der Waals surface area (Å²) in [6.45, 7) is 5.59. The van der Waals surface area contributed by atoms with Gasteiger partial charge in [0.2, 0.25) is 0 Å². The Bertz CT molecular complexity index is 1250. The minimum Gasteiger partial charge on any atom is -0.469 e. The summed E-state index contributed by atoms with van der Waals surface area (Å²) in [7, 11) is 3.64. The van der Waals surface area contributed by atoms with Crippen molar-refractivity contribution in [1.29, 1.82) is 0 Å². The van der Waals surface area contributed by atoms with Crippen molar-refractivity contribution in [3.63, 3.8) is 0 Å². The quantitative estimate of drug-likeness (QED) is 0.447. The van der Waals surface area contributed by atoms with Crippen LogP contribution in [0.4, 0.5) is 4.79 Å². The summed E-state index contributed by atoms with van der Waals surface area (Å²) in [5.74, 6) is -0.0506. The van der Waals surface area contributed by atoms with E-state index < -0.39 is 5.60 Å². The van der Waals surface area contributed by atoms with E-state index in [0.29, 0.717) is 6.04 Å². The van der Waals surface area contributed by atoms with Crippen LogP contribution in [0, 0.1) is 5.92 Å². The summed E-state index contributed by atoms with van der Waals surface area (Å²) in [6.07, 6.45) is 4.56. The van der Waals surface area contributed by atoms with Crippen molar-refractivity contribution in [3.8, 4) is 11.1 Å². The van der Waals surface area contributed by atoms with Gasteiger partial charge in [-0.1, -0.05) is 30.3 Å². The molecule has 1 aromatic heterocycles. The Morgan fingerprint density at radius 2 is 1.69 bits per heavy atom. The molecule has 0 spiro atoms. The molecular formula is C29H34N2O4. The summed E-state index contributed by atoms with van der Waals surface area (Å²) in [4.78, 5) is 27.7. The molecule has 3 heterocycles. The van der Waals surface area contributed by atoms with Crippen molar-refractivity contribution in [3.05, 3.63) is 60.3 Å². The van der Waals surface area contributed by atoms with E-state index in [1.807, 2.05) is 39.0 Å². The molecule has 2 aromatic carbocycles. The highest BCUT2D eigenvalue weighted by molar-refractivity contribution is 5.92. The fourth-order valence-electron chi connectivity index (χ4n) is 5.98. The highest BCUT2D eigenvalue weighted by atomic mass is 16.6. The van der Waals surface area contributed by atoms with Crippen LogP contribution in [-0.2, 0) is 14.3 Å². The van der Waals surface area contributed by atoms with Gasteiger partial charge in [0.15, 0.2) is 0 Å². The lowest BCUT2D eigenvalue weighted by Crippen LogP contribution is -2.49. The van der Waals surface area contributed by atoms with Gasteiger partial charge in [0.1, 0.15) is 5.60 Å². The zero-order valence-corrected chi connectivity index (χ0v) is 21.2. The predicted octanol–water partition coefficient (Wildman–Crippen LogP) is 5.83. The van der Waals surface area contributed by atoms with Crippen molar-refractivity contribution in [2.24, 2.45) is 5.92 Å².